The lowest BCUT2D eigenvalue weighted by molar-refractivity contribution is -0.302. The Bertz CT molecular complexity index is 1750. The van der Waals surface area contributed by atoms with Crippen molar-refractivity contribution < 1.29 is 28.1 Å². The minimum Gasteiger partial charge on any atom is -0.426 e. The predicted octanol–water partition coefficient (Wildman–Crippen LogP) is 14.3. The first-order chi connectivity index (χ1) is 28.2. The predicted molar refractivity (Wildman–Crippen MR) is 233 cm³/mol. The van der Waals surface area contributed by atoms with Crippen LogP contribution in [0.4, 0.5) is 8.78 Å². The number of hydrogen-bond donors (Lipinski definition) is 0. The molecule has 2 aliphatic rings. The maximum Gasteiger partial charge on any atom is 0.314 e. The summed E-state index contributed by atoms with van der Waals surface area (Å²) in [6, 6.07) is 28.9. The summed E-state index contributed by atoms with van der Waals surface area (Å²) in [5, 5.41) is 0. The lowest BCUT2D eigenvalue weighted by Gasteiger charge is -2.26. The number of ether oxygens (including phenoxy) is 1. The summed E-state index contributed by atoms with van der Waals surface area (Å²) in [6.07, 6.45) is 18.0. The fourth-order valence-electron chi connectivity index (χ4n) is 8.30. The fraction of sp³-hybridized carbons (Fsp3) is 0.519. The van der Waals surface area contributed by atoms with E-state index in [4.69, 9.17) is 14.5 Å². The number of aryl methyl sites for hydroxylation is 3. The van der Waals surface area contributed by atoms with Gasteiger partial charge in [-0.2, -0.15) is 0 Å². The Labute approximate surface area is 348 Å². The number of benzene rings is 4. The molecule has 0 saturated heterocycles. The van der Waals surface area contributed by atoms with E-state index in [1.807, 2.05) is 24.3 Å². The smallest absolute Gasteiger partial charge is 0.314 e. The van der Waals surface area contributed by atoms with Crippen LogP contribution < -0.4 is 4.74 Å². The average Bonchev–Trinajstić information content (AvgIpc) is 3.24. The molecule has 0 radical (unpaired) electrons. The van der Waals surface area contributed by atoms with Crippen LogP contribution in [0.15, 0.2) is 84.9 Å². The van der Waals surface area contributed by atoms with Gasteiger partial charge in [0.25, 0.3) is 0 Å². The first-order valence-corrected chi connectivity index (χ1v) is 22.4. The van der Waals surface area contributed by atoms with Gasteiger partial charge in [-0.3, -0.25) is 4.79 Å². The molecule has 2 fully saturated rings. The van der Waals surface area contributed by atoms with E-state index >= 15 is 0 Å². The van der Waals surface area contributed by atoms with Gasteiger partial charge in [0.2, 0.25) is 0 Å². The Morgan fingerprint density at radius 1 is 0.621 bits per heavy atom. The lowest BCUT2D eigenvalue weighted by Crippen LogP contribution is -2.27. The number of rotatable bonds is 18. The minimum atomic E-state index is -0.486. The summed E-state index contributed by atoms with van der Waals surface area (Å²) in [4.78, 5) is 23.2. The van der Waals surface area contributed by atoms with E-state index in [1.165, 1.54) is 74.3 Å². The van der Waals surface area contributed by atoms with E-state index in [1.54, 1.807) is 5.56 Å². The molecule has 4 aromatic carbocycles. The highest BCUT2D eigenvalue weighted by Crippen LogP contribution is 2.36. The molecule has 58 heavy (non-hydrogen) atoms. The molecule has 0 spiro atoms. The van der Waals surface area contributed by atoms with Crippen LogP contribution in [0.25, 0.3) is 11.1 Å². The van der Waals surface area contributed by atoms with Crippen LogP contribution in [-0.4, -0.2) is 19.2 Å². The topological polar surface area (TPSA) is 44.8 Å². The van der Waals surface area contributed by atoms with E-state index in [2.05, 4.69) is 69.3 Å². The Kier molecular flexibility index (Phi) is 18.9. The molecule has 0 aromatic heterocycles. The third kappa shape index (κ3) is 14.7. The normalized spacial score (nSPS) is 19.3. The summed E-state index contributed by atoms with van der Waals surface area (Å²) < 4.78 is 33.0. The molecule has 6 heteroatoms. The minimum absolute atomic E-state index is 0.0668. The molecule has 2 saturated carbocycles. The monoisotopic (exact) mass is 795 g/mol. The first kappa shape index (κ1) is 45.2. The van der Waals surface area contributed by atoms with E-state index in [0.29, 0.717) is 36.9 Å². The highest BCUT2D eigenvalue weighted by Gasteiger charge is 2.28. The van der Waals surface area contributed by atoms with Crippen molar-refractivity contribution in [3.8, 4) is 16.9 Å². The zero-order valence-corrected chi connectivity index (χ0v) is 35.7. The zero-order chi connectivity index (χ0) is 41.1. The highest BCUT2D eigenvalue weighted by molar-refractivity contribution is 5.75. The van der Waals surface area contributed by atoms with Gasteiger partial charge in [0.1, 0.15) is 17.4 Å². The molecule has 0 atom stereocenters. The van der Waals surface area contributed by atoms with Gasteiger partial charge < -0.3 is 4.74 Å². The molecule has 0 N–H and O–H groups in total. The van der Waals surface area contributed by atoms with Crippen LogP contribution in [0.2, 0.25) is 0 Å². The Morgan fingerprint density at radius 2 is 1.19 bits per heavy atom. The second-order valence-corrected chi connectivity index (χ2v) is 17.0. The van der Waals surface area contributed by atoms with Crippen LogP contribution in [-0.2, 0) is 33.8 Å². The van der Waals surface area contributed by atoms with Gasteiger partial charge in [-0.25, -0.2) is 18.6 Å². The van der Waals surface area contributed by atoms with Gasteiger partial charge in [-0.15, -0.1) is 0 Å². The maximum absolute atomic E-state index is 13.7. The van der Waals surface area contributed by atoms with Crippen molar-refractivity contribution in [3.05, 3.63) is 124 Å². The Morgan fingerprint density at radius 3 is 1.79 bits per heavy atom. The third-order valence-electron chi connectivity index (χ3n) is 12.3. The second kappa shape index (κ2) is 24.3. The van der Waals surface area contributed by atoms with Crippen molar-refractivity contribution in [1.29, 1.82) is 0 Å². The molecule has 6 rings (SSSR count). The molecule has 2 aliphatic carbocycles. The average molecular weight is 795 g/mol. The zero-order valence-electron chi connectivity index (χ0n) is 35.7. The summed E-state index contributed by atoms with van der Waals surface area (Å²) in [5.41, 5.74) is 7.57. The molecular formula is C52H68F2O4. The van der Waals surface area contributed by atoms with Crippen LogP contribution in [0.1, 0.15) is 144 Å². The summed E-state index contributed by atoms with van der Waals surface area (Å²) in [5.74, 6) is 1.52. The van der Waals surface area contributed by atoms with E-state index in [0.717, 1.165) is 81.6 Å². The van der Waals surface area contributed by atoms with Gasteiger partial charge in [-0.05, 0) is 159 Å². The highest BCUT2D eigenvalue weighted by atomic mass is 19.1. The van der Waals surface area contributed by atoms with Crippen molar-refractivity contribution in [2.24, 2.45) is 17.8 Å². The standard InChI is InChI=1S/C30H40F2O4.C22H28/c1-3-4-7-18-34-35-21-24-10-14-26(15-11-24)30(33)36-27-16-12-23(13-17-27)8-5-6-9-25-19-28(31)22(2)29(32)20-25;1-3-4-18-7-11-20(12-8-18)22-15-13-21(14-16-22)19-9-5-17(2)6-10-19/h12-13,16-17,19-20,24,26H,3-11,14-15,18,21H2,1-2H3;7-8,11-17,19H,3-6,9-10H2,1-2H3. The quantitative estimate of drug-likeness (QED) is 0.0331. The molecule has 4 aromatic rings. The number of unbranched alkanes of at least 4 members (excludes halogenated alkanes) is 3. The molecular weight excluding hydrogens is 727 g/mol. The second-order valence-electron chi connectivity index (χ2n) is 17.0. The van der Waals surface area contributed by atoms with Crippen LogP contribution in [0.3, 0.4) is 0 Å². The lowest BCUT2D eigenvalue weighted by atomic mass is 9.79. The van der Waals surface area contributed by atoms with Gasteiger partial charge >= 0.3 is 5.97 Å². The molecule has 0 aliphatic heterocycles. The van der Waals surface area contributed by atoms with Crippen molar-refractivity contribution in [1.82, 2.24) is 0 Å². The molecule has 4 nitrogen and oxygen atoms in total. The van der Waals surface area contributed by atoms with Gasteiger partial charge in [0, 0.05) is 5.56 Å². The van der Waals surface area contributed by atoms with Crippen LogP contribution >= 0.6 is 0 Å². The summed E-state index contributed by atoms with van der Waals surface area (Å²) in [6.45, 7) is 9.47. The van der Waals surface area contributed by atoms with Crippen molar-refractivity contribution in [2.45, 2.75) is 143 Å². The molecule has 314 valence electrons. The number of halogens is 2. The third-order valence-corrected chi connectivity index (χ3v) is 12.3. The SMILES string of the molecule is CCCCCOOCC1CCC(C(=O)Oc2ccc(CCCCc3cc(F)c(C)c(F)c3)cc2)CC1.CCCc1ccc(-c2ccc(C3CCC(C)CC3)cc2)cc1. The molecule has 0 bridgehead atoms. The molecule has 0 unspecified atom stereocenters. The van der Waals surface area contributed by atoms with Gasteiger partial charge in [0.15, 0.2) is 0 Å². The van der Waals surface area contributed by atoms with Gasteiger partial charge in [0.05, 0.1) is 19.1 Å². The largest absolute Gasteiger partial charge is 0.426 e. The Balaban J connectivity index is 0.000000247. The first-order valence-electron chi connectivity index (χ1n) is 22.4. The van der Waals surface area contributed by atoms with Crippen molar-refractivity contribution in [3.63, 3.8) is 0 Å². The van der Waals surface area contributed by atoms with Crippen LogP contribution in [0, 0.1) is 36.3 Å². The van der Waals surface area contributed by atoms with Crippen LogP contribution in [0.5, 0.6) is 5.75 Å². The van der Waals surface area contributed by atoms with E-state index in [-0.39, 0.29) is 17.5 Å². The summed E-state index contributed by atoms with van der Waals surface area (Å²) in [7, 11) is 0. The number of carbonyl (C=O) groups is 1. The molecule has 0 amide bonds. The number of hydrogen-bond acceptors (Lipinski definition) is 4. The summed E-state index contributed by atoms with van der Waals surface area (Å²) >= 11 is 0. The number of esters is 1. The van der Waals surface area contributed by atoms with Crippen molar-refractivity contribution in [2.75, 3.05) is 13.2 Å². The van der Waals surface area contributed by atoms with Gasteiger partial charge in [-0.1, -0.05) is 114 Å². The Hall–Kier alpha value is -3.87. The van der Waals surface area contributed by atoms with E-state index in [9.17, 15) is 13.6 Å². The van der Waals surface area contributed by atoms with E-state index < -0.39 is 11.6 Å². The van der Waals surface area contributed by atoms with Crippen molar-refractivity contribution >= 4 is 5.97 Å². The number of carbonyl (C=O) groups excluding carboxylic acids is 1. The maximum atomic E-state index is 13.7. The molecule has 0 heterocycles. The fourth-order valence-corrected chi connectivity index (χ4v) is 8.30.